The second-order valence-corrected chi connectivity index (χ2v) is 6.90. The van der Waals surface area contributed by atoms with E-state index in [2.05, 4.69) is 9.55 Å². The van der Waals surface area contributed by atoms with Gasteiger partial charge in [0.1, 0.15) is 6.10 Å². The van der Waals surface area contributed by atoms with E-state index in [-0.39, 0.29) is 6.54 Å². The van der Waals surface area contributed by atoms with Crippen LogP contribution in [0.25, 0.3) is 0 Å². The zero-order valence-corrected chi connectivity index (χ0v) is 11.3. The highest BCUT2D eigenvalue weighted by Crippen LogP contribution is 2.58. The zero-order valence-electron chi connectivity index (χ0n) is 11.3. The Bertz CT molecular complexity index is 442. The van der Waals surface area contributed by atoms with Gasteiger partial charge < -0.3 is 15.4 Å². The second kappa shape index (κ2) is 4.32. The largest absolute Gasteiger partial charge is 0.385 e. The monoisotopic (exact) mass is 261 g/mol. The van der Waals surface area contributed by atoms with E-state index >= 15 is 0 Å². The molecule has 0 aliphatic heterocycles. The van der Waals surface area contributed by atoms with Crippen molar-refractivity contribution < 1.29 is 5.11 Å². The fraction of sp³-hybridized carbons (Fsp3) is 0.800. The van der Waals surface area contributed by atoms with E-state index in [9.17, 15) is 5.11 Å². The van der Waals surface area contributed by atoms with Crippen molar-refractivity contribution in [1.82, 2.24) is 9.55 Å². The molecule has 4 aliphatic rings. The van der Waals surface area contributed by atoms with Gasteiger partial charge in [0.15, 0.2) is 0 Å². The SMILES string of the molecule is NCC(O)c1cncn1C1C2CC3CC(C2)CC1C3. The van der Waals surface area contributed by atoms with Gasteiger partial charge in [0.05, 0.1) is 18.2 Å². The van der Waals surface area contributed by atoms with Gasteiger partial charge in [0.2, 0.25) is 0 Å². The molecule has 0 saturated heterocycles. The van der Waals surface area contributed by atoms with E-state index < -0.39 is 6.10 Å². The van der Waals surface area contributed by atoms with Crippen molar-refractivity contribution in [2.24, 2.45) is 29.4 Å². The number of aromatic nitrogens is 2. The molecule has 0 aromatic carbocycles. The van der Waals surface area contributed by atoms with Gasteiger partial charge in [-0.3, -0.25) is 0 Å². The number of nitrogens with zero attached hydrogens (tertiary/aromatic N) is 2. The number of hydrogen-bond donors (Lipinski definition) is 2. The van der Waals surface area contributed by atoms with Crippen molar-refractivity contribution >= 4 is 0 Å². The second-order valence-electron chi connectivity index (χ2n) is 6.90. The number of imidazole rings is 1. The highest BCUT2D eigenvalue weighted by molar-refractivity contribution is 5.10. The third-order valence-corrected chi connectivity index (χ3v) is 5.76. The first-order valence-electron chi connectivity index (χ1n) is 7.66. The smallest absolute Gasteiger partial charge is 0.108 e. The Balaban J connectivity index is 1.67. The molecular formula is C15H23N3O. The molecule has 1 aromatic heterocycles. The molecule has 0 radical (unpaired) electrons. The van der Waals surface area contributed by atoms with Crippen molar-refractivity contribution in [2.75, 3.05) is 6.54 Å². The summed E-state index contributed by atoms with van der Waals surface area (Å²) in [7, 11) is 0. The first kappa shape index (κ1) is 11.9. The van der Waals surface area contributed by atoms with Gasteiger partial charge in [-0.1, -0.05) is 0 Å². The minimum absolute atomic E-state index is 0.277. The third kappa shape index (κ3) is 1.77. The van der Waals surface area contributed by atoms with Gasteiger partial charge in [-0.05, 0) is 55.8 Å². The van der Waals surface area contributed by atoms with Crippen LogP contribution in [0.1, 0.15) is 49.9 Å². The van der Waals surface area contributed by atoms with Crippen molar-refractivity contribution in [2.45, 2.75) is 44.2 Å². The molecule has 104 valence electrons. The van der Waals surface area contributed by atoms with Crippen molar-refractivity contribution in [3.05, 3.63) is 18.2 Å². The zero-order chi connectivity index (χ0) is 13.0. The van der Waals surface area contributed by atoms with Crippen molar-refractivity contribution in [3.8, 4) is 0 Å². The molecular weight excluding hydrogens is 238 g/mol. The topological polar surface area (TPSA) is 64.1 Å². The fourth-order valence-electron chi connectivity index (χ4n) is 5.29. The highest BCUT2D eigenvalue weighted by atomic mass is 16.3. The molecule has 1 atom stereocenters. The number of aliphatic hydroxyl groups excluding tert-OH is 1. The van der Waals surface area contributed by atoms with Crippen LogP contribution in [0.3, 0.4) is 0 Å². The molecule has 1 heterocycles. The number of hydrogen-bond acceptors (Lipinski definition) is 3. The molecule has 4 aliphatic carbocycles. The van der Waals surface area contributed by atoms with E-state index in [1.807, 2.05) is 6.33 Å². The van der Waals surface area contributed by atoms with Gasteiger partial charge in [0, 0.05) is 12.6 Å². The van der Waals surface area contributed by atoms with Crippen LogP contribution in [0, 0.1) is 23.7 Å². The molecule has 4 saturated carbocycles. The maximum atomic E-state index is 10.1. The minimum Gasteiger partial charge on any atom is -0.385 e. The molecule has 1 unspecified atom stereocenters. The number of nitrogens with two attached hydrogens (primary N) is 1. The van der Waals surface area contributed by atoms with E-state index in [4.69, 9.17) is 5.73 Å². The van der Waals surface area contributed by atoms with Gasteiger partial charge in [-0.2, -0.15) is 0 Å². The quantitative estimate of drug-likeness (QED) is 0.873. The lowest BCUT2D eigenvalue weighted by atomic mass is 9.54. The first-order valence-corrected chi connectivity index (χ1v) is 7.66. The predicted molar refractivity (Wildman–Crippen MR) is 72.3 cm³/mol. The summed E-state index contributed by atoms with van der Waals surface area (Å²) in [5.74, 6) is 3.55. The van der Waals surface area contributed by atoms with Gasteiger partial charge in [-0.25, -0.2) is 4.98 Å². The third-order valence-electron chi connectivity index (χ3n) is 5.76. The van der Waals surface area contributed by atoms with Crippen LogP contribution in [-0.4, -0.2) is 21.2 Å². The van der Waals surface area contributed by atoms with Crippen LogP contribution in [0.2, 0.25) is 0 Å². The summed E-state index contributed by atoms with van der Waals surface area (Å²) in [5, 5.41) is 10.1. The summed E-state index contributed by atoms with van der Waals surface area (Å²) in [5.41, 5.74) is 6.53. The summed E-state index contributed by atoms with van der Waals surface area (Å²) in [4.78, 5) is 4.27. The lowest BCUT2D eigenvalue weighted by Gasteiger charge is -2.55. The van der Waals surface area contributed by atoms with Crippen LogP contribution in [0.5, 0.6) is 0 Å². The average molecular weight is 261 g/mol. The van der Waals surface area contributed by atoms with Crippen molar-refractivity contribution in [3.63, 3.8) is 0 Å². The standard InChI is InChI=1S/C15H23N3O/c16-6-14(19)13-7-17-8-18(13)15-11-2-9-1-10(4-11)5-12(15)3-9/h7-12,14-15,19H,1-6,16H2. The van der Waals surface area contributed by atoms with E-state index in [0.29, 0.717) is 6.04 Å². The Labute approximate surface area is 114 Å². The van der Waals surface area contributed by atoms with E-state index in [0.717, 1.165) is 29.4 Å². The molecule has 5 rings (SSSR count). The molecule has 3 N–H and O–H groups in total. The van der Waals surface area contributed by atoms with Crippen LogP contribution < -0.4 is 5.73 Å². The molecule has 4 fully saturated rings. The Kier molecular flexibility index (Phi) is 2.71. The van der Waals surface area contributed by atoms with Crippen LogP contribution >= 0.6 is 0 Å². The molecule has 4 heteroatoms. The summed E-state index contributed by atoms with van der Waals surface area (Å²) in [6.07, 6.45) is 10.1. The summed E-state index contributed by atoms with van der Waals surface area (Å²) in [6.45, 7) is 0.277. The van der Waals surface area contributed by atoms with Gasteiger partial charge in [0.25, 0.3) is 0 Å². The Morgan fingerprint density at radius 3 is 2.42 bits per heavy atom. The number of rotatable bonds is 3. The lowest BCUT2D eigenvalue weighted by Crippen LogP contribution is -2.46. The average Bonchev–Trinajstić information content (AvgIpc) is 2.85. The summed E-state index contributed by atoms with van der Waals surface area (Å²) < 4.78 is 2.25. The van der Waals surface area contributed by atoms with Gasteiger partial charge >= 0.3 is 0 Å². The minimum atomic E-state index is -0.570. The maximum Gasteiger partial charge on any atom is 0.108 e. The molecule has 4 nitrogen and oxygen atoms in total. The molecule has 0 spiro atoms. The molecule has 1 aromatic rings. The Hall–Kier alpha value is -0.870. The summed E-state index contributed by atoms with van der Waals surface area (Å²) >= 11 is 0. The normalized spacial score (nSPS) is 41.7. The van der Waals surface area contributed by atoms with E-state index in [1.165, 1.54) is 32.1 Å². The maximum absolute atomic E-state index is 10.1. The molecule has 19 heavy (non-hydrogen) atoms. The number of aliphatic hydroxyl groups is 1. The highest BCUT2D eigenvalue weighted by Gasteiger charge is 2.49. The predicted octanol–water partition coefficient (Wildman–Crippen LogP) is 1.87. The fourth-order valence-corrected chi connectivity index (χ4v) is 5.29. The first-order chi connectivity index (χ1) is 9.26. The molecule has 4 bridgehead atoms. The van der Waals surface area contributed by atoms with Crippen molar-refractivity contribution in [1.29, 1.82) is 0 Å². The van der Waals surface area contributed by atoms with Gasteiger partial charge in [-0.15, -0.1) is 0 Å². The van der Waals surface area contributed by atoms with Crippen LogP contribution in [0.4, 0.5) is 0 Å². The lowest BCUT2D eigenvalue weighted by molar-refractivity contribution is -0.0319. The van der Waals surface area contributed by atoms with Crippen LogP contribution in [0.15, 0.2) is 12.5 Å². The summed E-state index contributed by atoms with van der Waals surface area (Å²) in [6, 6.07) is 0.562. The van der Waals surface area contributed by atoms with E-state index in [1.54, 1.807) is 6.20 Å². The Morgan fingerprint density at radius 1 is 1.21 bits per heavy atom. The van der Waals surface area contributed by atoms with Crippen LogP contribution in [-0.2, 0) is 0 Å². The Morgan fingerprint density at radius 2 is 1.84 bits per heavy atom. The molecule has 0 amide bonds.